The van der Waals surface area contributed by atoms with Crippen LogP contribution < -0.4 is 20.8 Å². The van der Waals surface area contributed by atoms with Crippen LogP contribution in [0.5, 0.6) is 5.75 Å². The molecular weight excluding hydrogens is 444 g/mol. The van der Waals surface area contributed by atoms with E-state index >= 15 is 0 Å². The van der Waals surface area contributed by atoms with E-state index in [0.717, 1.165) is 28.8 Å². The molecule has 0 aliphatic rings. The summed E-state index contributed by atoms with van der Waals surface area (Å²) in [5, 5.41) is 9.20. The second-order valence-corrected chi connectivity index (χ2v) is 7.90. The van der Waals surface area contributed by atoms with Gasteiger partial charge in [-0.25, -0.2) is 5.43 Å². The molecule has 0 heterocycles. The van der Waals surface area contributed by atoms with Crippen LogP contribution in [0.1, 0.15) is 29.2 Å². The van der Waals surface area contributed by atoms with E-state index in [2.05, 4.69) is 21.2 Å². The molecule has 3 aromatic rings. The number of nitrogens with zero attached hydrogens (tertiary/aromatic N) is 1. The van der Waals surface area contributed by atoms with E-state index in [0.29, 0.717) is 17.0 Å². The fraction of sp³-hybridized carbons (Fsp3) is 0.185. The Morgan fingerprint density at radius 2 is 1.66 bits per heavy atom. The Morgan fingerprint density at radius 3 is 2.40 bits per heavy atom. The summed E-state index contributed by atoms with van der Waals surface area (Å²) in [5.74, 6) is -1.64. The molecule has 3 aromatic carbocycles. The van der Waals surface area contributed by atoms with Crippen molar-refractivity contribution in [1.29, 1.82) is 0 Å². The molecule has 180 valence electrons. The number of hydrogen-bond acceptors (Lipinski definition) is 5. The average Bonchev–Trinajstić information content (AvgIpc) is 2.86. The van der Waals surface area contributed by atoms with Gasteiger partial charge in [0.2, 0.25) is 0 Å². The number of rotatable bonds is 8. The maximum absolute atomic E-state index is 12.4. The second-order valence-electron chi connectivity index (χ2n) is 7.90. The smallest absolute Gasteiger partial charge is 0.329 e. The lowest BCUT2D eigenvalue weighted by Crippen LogP contribution is -2.32. The van der Waals surface area contributed by atoms with Gasteiger partial charge in [0.25, 0.3) is 5.91 Å². The highest BCUT2D eigenvalue weighted by Crippen LogP contribution is 2.18. The van der Waals surface area contributed by atoms with E-state index in [9.17, 15) is 14.4 Å². The number of amides is 3. The predicted octanol–water partition coefficient (Wildman–Crippen LogP) is 3.97. The second kappa shape index (κ2) is 12.1. The highest BCUT2D eigenvalue weighted by Gasteiger charge is 2.13. The summed E-state index contributed by atoms with van der Waals surface area (Å²) in [4.78, 5) is 36.5. The number of carbonyl (C=O) groups is 3. The van der Waals surface area contributed by atoms with Gasteiger partial charge in [-0.05, 0) is 67.3 Å². The standard InChI is InChI=1S/C27H28N4O4/c1-4-20-11-13-22(14-12-20)29-26(33)27(34)31-28-16-21-7-5-6-8-24(21)35-17-25(32)30-23-15-18(2)9-10-19(23)3/h5-16H,4,17H2,1-3H3,(H,29,33)(H,30,32)(H,31,34)/b28-16-. The van der Waals surface area contributed by atoms with Crippen molar-refractivity contribution in [2.75, 3.05) is 17.2 Å². The number of anilines is 2. The Hall–Kier alpha value is -4.46. The number of ether oxygens (including phenoxy) is 1. The molecule has 0 saturated carbocycles. The number of carbonyl (C=O) groups excluding carboxylic acids is 3. The molecule has 0 aliphatic carbocycles. The summed E-state index contributed by atoms with van der Waals surface area (Å²) in [5.41, 5.74) is 7.09. The predicted molar refractivity (Wildman–Crippen MR) is 137 cm³/mol. The number of hydrazone groups is 1. The van der Waals surface area contributed by atoms with Crippen LogP contribution in [0.3, 0.4) is 0 Å². The SMILES string of the molecule is CCc1ccc(NC(=O)C(=O)N/N=C\c2ccccc2OCC(=O)Nc2cc(C)ccc2C)cc1. The van der Waals surface area contributed by atoms with Crippen LogP contribution in [0.15, 0.2) is 71.8 Å². The molecule has 0 spiro atoms. The van der Waals surface area contributed by atoms with E-state index in [-0.39, 0.29) is 12.5 Å². The molecule has 0 aliphatic heterocycles. The molecule has 0 bridgehead atoms. The Labute approximate surface area is 204 Å². The third-order valence-corrected chi connectivity index (χ3v) is 5.14. The van der Waals surface area contributed by atoms with Gasteiger partial charge in [0, 0.05) is 16.9 Å². The van der Waals surface area contributed by atoms with E-state index in [1.165, 1.54) is 6.21 Å². The number of nitrogens with one attached hydrogen (secondary N) is 3. The fourth-order valence-corrected chi connectivity index (χ4v) is 3.14. The number of benzene rings is 3. The third kappa shape index (κ3) is 7.53. The lowest BCUT2D eigenvalue weighted by Gasteiger charge is -2.11. The zero-order valence-corrected chi connectivity index (χ0v) is 19.9. The van der Waals surface area contributed by atoms with Crippen molar-refractivity contribution in [3.63, 3.8) is 0 Å². The van der Waals surface area contributed by atoms with Crippen molar-refractivity contribution in [3.8, 4) is 5.75 Å². The van der Waals surface area contributed by atoms with Gasteiger partial charge >= 0.3 is 11.8 Å². The molecule has 8 nitrogen and oxygen atoms in total. The van der Waals surface area contributed by atoms with Crippen molar-refractivity contribution in [2.45, 2.75) is 27.2 Å². The van der Waals surface area contributed by atoms with Crippen LogP contribution >= 0.6 is 0 Å². The zero-order chi connectivity index (χ0) is 25.2. The van der Waals surface area contributed by atoms with Crippen LogP contribution in [0.25, 0.3) is 0 Å². The van der Waals surface area contributed by atoms with E-state index < -0.39 is 11.8 Å². The first-order valence-electron chi connectivity index (χ1n) is 11.2. The van der Waals surface area contributed by atoms with Crippen LogP contribution in [-0.4, -0.2) is 30.5 Å². The molecule has 3 rings (SSSR count). The van der Waals surface area contributed by atoms with Gasteiger partial charge in [0.05, 0.1) is 6.21 Å². The quantitative estimate of drug-likeness (QED) is 0.262. The maximum Gasteiger partial charge on any atom is 0.329 e. The first kappa shape index (κ1) is 25.2. The maximum atomic E-state index is 12.4. The fourth-order valence-electron chi connectivity index (χ4n) is 3.14. The molecule has 3 amide bonds. The van der Waals surface area contributed by atoms with Gasteiger partial charge in [0.15, 0.2) is 6.61 Å². The van der Waals surface area contributed by atoms with E-state index in [4.69, 9.17) is 4.74 Å². The molecule has 0 aromatic heterocycles. The summed E-state index contributed by atoms with van der Waals surface area (Å²) < 4.78 is 5.65. The largest absolute Gasteiger partial charge is 0.483 e. The number of aryl methyl sites for hydroxylation is 3. The van der Waals surface area contributed by atoms with Gasteiger partial charge in [-0.3, -0.25) is 14.4 Å². The molecule has 0 atom stereocenters. The van der Waals surface area contributed by atoms with Crippen molar-refractivity contribution in [1.82, 2.24) is 5.43 Å². The molecule has 8 heteroatoms. The van der Waals surface area contributed by atoms with Crippen LogP contribution in [0, 0.1) is 13.8 Å². The van der Waals surface area contributed by atoms with E-state index in [1.807, 2.05) is 51.1 Å². The minimum atomic E-state index is -0.910. The zero-order valence-electron chi connectivity index (χ0n) is 19.9. The monoisotopic (exact) mass is 472 g/mol. The van der Waals surface area contributed by atoms with Gasteiger partial charge in [-0.1, -0.05) is 43.3 Å². The summed E-state index contributed by atoms with van der Waals surface area (Å²) in [6, 6.07) is 19.9. The minimum Gasteiger partial charge on any atom is -0.483 e. The van der Waals surface area contributed by atoms with Gasteiger partial charge in [-0.15, -0.1) is 0 Å². The molecule has 0 unspecified atom stereocenters. The summed E-state index contributed by atoms with van der Waals surface area (Å²) in [7, 11) is 0. The van der Waals surface area contributed by atoms with Gasteiger partial charge in [-0.2, -0.15) is 5.10 Å². The summed E-state index contributed by atoms with van der Waals surface area (Å²) in [6.45, 7) is 5.69. The lowest BCUT2D eigenvalue weighted by atomic mass is 10.1. The van der Waals surface area contributed by atoms with Crippen LogP contribution in [0.2, 0.25) is 0 Å². The van der Waals surface area contributed by atoms with Crippen molar-refractivity contribution >= 4 is 35.3 Å². The lowest BCUT2D eigenvalue weighted by molar-refractivity contribution is -0.136. The average molecular weight is 473 g/mol. The van der Waals surface area contributed by atoms with Crippen molar-refractivity contribution in [2.24, 2.45) is 5.10 Å². The van der Waals surface area contributed by atoms with E-state index in [1.54, 1.807) is 36.4 Å². The number of para-hydroxylation sites is 1. The van der Waals surface area contributed by atoms with Crippen molar-refractivity contribution < 1.29 is 19.1 Å². The van der Waals surface area contributed by atoms with Gasteiger partial charge in [0.1, 0.15) is 5.75 Å². The van der Waals surface area contributed by atoms with Crippen molar-refractivity contribution in [3.05, 3.63) is 89.0 Å². The summed E-state index contributed by atoms with van der Waals surface area (Å²) in [6.07, 6.45) is 2.23. The van der Waals surface area contributed by atoms with Gasteiger partial charge < -0.3 is 15.4 Å². The normalized spacial score (nSPS) is 10.6. The Kier molecular flexibility index (Phi) is 8.72. The molecule has 0 radical (unpaired) electrons. The Bertz CT molecular complexity index is 1240. The number of hydrogen-bond donors (Lipinski definition) is 3. The minimum absolute atomic E-state index is 0.205. The molecule has 0 saturated heterocycles. The Morgan fingerprint density at radius 1 is 0.914 bits per heavy atom. The molecule has 35 heavy (non-hydrogen) atoms. The highest BCUT2D eigenvalue weighted by atomic mass is 16.5. The Balaban J connectivity index is 1.53. The summed E-state index contributed by atoms with van der Waals surface area (Å²) >= 11 is 0. The molecule has 3 N–H and O–H groups in total. The first-order valence-corrected chi connectivity index (χ1v) is 11.2. The third-order valence-electron chi connectivity index (χ3n) is 5.14. The molecule has 0 fully saturated rings. The topological polar surface area (TPSA) is 109 Å². The van der Waals surface area contributed by atoms with Crippen LogP contribution in [0.4, 0.5) is 11.4 Å². The first-order chi connectivity index (χ1) is 16.9. The van der Waals surface area contributed by atoms with Crippen LogP contribution in [-0.2, 0) is 20.8 Å². The molecular formula is C27H28N4O4. The highest BCUT2D eigenvalue weighted by molar-refractivity contribution is 6.39.